The van der Waals surface area contributed by atoms with Crippen LogP contribution in [-0.4, -0.2) is 37.6 Å². The number of nitrogens with zero attached hydrogens (tertiary/aromatic N) is 3. The molecule has 1 aromatic carbocycles. The minimum Gasteiger partial charge on any atom is -0.350 e. The van der Waals surface area contributed by atoms with Gasteiger partial charge in [-0.3, -0.25) is 0 Å². The molecule has 2 fully saturated rings. The van der Waals surface area contributed by atoms with Gasteiger partial charge in [-0.15, -0.1) is 0 Å². The molecule has 138 valence electrons. The molecular formula is C16H17F2N5O2S. The number of benzene rings is 1. The molecule has 7 nitrogen and oxygen atoms in total. The number of aromatic nitrogens is 2. The summed E-state index contributed by atoms with van der Waals surface area (Å²) < 4.78 is 50.8. The third-order valence-corrected chi connectivity index (χ3v) is 5.84. The third-order valence-electron chi connectivity index (χ3n) is 4.91. The van der Waals surface area contributed by atoms with Gasteiger partial charge in [0.1, 0.15) is 6.17 Å². The lowest BCUT2D eigenvalue weighted by atomic mass is 10.1. The van der Waals surface area contributed by atoms with Crippen LogP contribution in [0.15, 0.2) is 35.4 Å². The lowest BCUT2D eigenvalue weighted by Crippen LogP contribution is -2.23. The predicted molar refractivity (Wildman–Crippen MR) is 91.9 cm³/mol. The summed E-state index contributed by atoms with van der Waals surface area (Å²) >= 11 is 0. The molecule has 1 aliphatic heterocycles. The second kappa shape index (κ2) is 5.85. The van der Waals surface area contributed by atoms with Gasteiger partial charge in [0, 0.05) is 17.6 Å². The van der Waals surface area contributed by atoms with Crippen molar-refractivity contribution >= 4 is 27.5 Å². The summed E-state index contributed by atoms with van der Waals surface area (Å²) in [7, 11) is -3.78. The van der Waals surface area contributed by atoms with E-state index in [0.29, 0.717) is 12.2 Å². The van der Waals surface area contributed by atoms with E-state index in [0.717, 1.165) is 19.0 Å². The number of halogens is 2. The molecular weight excluding hydrogens is 364 g/mol. The molecule has 2 heterocycles. The fourth-order valence-electron chi connectivity index (χ4n) is 3.22. The van der Waals surface area contributed by atoms with E-state index in [9.17, 15) is 17.2 Å². The molecule has 3 N–H and O–H groups in total. The Morgan fingerprint density at radius 2 is 1.96 bits per heavy atom. The highest BCUT2D eigenvalue weighted by atomic mass is 32.2. The van der Waals surface area contributed by atoms with Crippen molar-refractivity contribution in [3.63, 3.8) is 0 Å². The van der Waals surface area contributed by atoms with Crippen molar-refractivity contribution in [2.75, 3.05) is 23.3 Å². The van der Waals surface area contributed by atoms with Crippen LogP contribution in [0.5, 0.6) is 0 Å². The Morgan fingerprint density at radius 3 is 2.54 bits per heavy atom. The van der Waals surface area contributed by atoms with E-state index in [-0.39, 0.29) is 28.6 Å². The van der Waals surface area contributed by atoms with Gasteiger partial charge in [-0.1, -0.05) is 0 Å². The molecule has 4 rings (SSSR count). The van der Waals surface area contributed by atoms with Gasteiger partial charge < -0.3 is 10.2 Å². The normalized spacial score (nSPS) is 21.2. The third kappa shape index (κ3) is 3.10. The molecule has 0 radical (unpaired) electrons. The van der Waals surface area contributed by atoms with Gasteiger partial charge in [0.25, 0.3) is 0 Å². The van der Waals surface area contributed by atoms with Crippen LogP contribution in [0, 0.1) is 11.2 Å². The topological polar surface area (TPSA) is 101 Å². The molecule has 1 unspecified atom stereocenters. The molecule has 1 aromatic heterocycles. The van der Waals surface area contributed by atoms with E-state index in [1.165, 1.54) is 24.3 Å². The molecule has 0 bridgehead atoms. The van der Waals surface area contributed by atoms with Crippen molar-refractivity contribution in [2.45, 2.75) is 23.9 Å². The number of sulfonamides is 1. The van der Waals surface area contributed by atoms with Crippen molar-refractivity contribution in [3.8, 4) is 0 Å². The van der Waals surface area contributed by atoms with Crippen molar-refractivity contribution < 1.29 is 17.2 Å². The Bertz CT molecular complexity index is 948. The Morgan fingerprint density at radius 1 is 1.27 bits per heavy atom. The highest BCUT2D eigenvalue weighted by Gasteiger charge is 2.56. The average molecular weight is 381 g/mol. The number of primary sulfonamides is 1. The van der Waals surface area contributed by atoms with Gasteiger partial charge in [-0.2, -0.15) is 4.98 Å². The maximum Gasteiger partial charge on any atom is 0.238 e. The van der Waals surface area contributed by atoms with Crippen molar-refractivity contribution in [1.29, 1.82) is 0 Å². The van der Waals surface area contributed by atoms with E-state index in [2.05, 4.69) is 15.3 Å². The zero-order valence-electron chi connectivity index (χ0n) is 13.7. The Hall–Kier alpha value is -2.33. The first-order chi connectivity index (χ1) is 12.3. The minimum absolute atomic E-state index is 0.0236. The quantitative estimate of drug-likeness (QED) is 0.839. The summed E-state index contributed by atoms with van der Waals surface area (Å²) in [5.41, 5.74) is 0.174. The number of hydrogen-bond acceptors (Lipinski definition) is 6. The molecule has 10 heteroatoms. The number of nitrogens with one attached hydrogen (secondary N) is 1. The molecule has 1 saturated carbocycles. The molecule has 1 spiro atoms. The fourth-order valence-corrected chi connectivity index (χ4v) is 3.74. The molecule has 1 atom stereocenters. The first kappa shape index (κ1) is 17.1. The minimum atomic E-state index is -3.78. The van der Waals surface area contributed by atoms with Gasteiger partial charge in [0.2, 0.25) is 16.0 Å². The highest BCUT2D eigenvalue weighted by molar-refractivity contribution is 7.89. The fraction of sp³-hybridized carbons (Fsp3) is 0.375. The van der Waals surface area contributed by atoms with Gasteiger partial charge in [0.05, 0.1) is 17.6 Å². The highest BCUT2D eigenvalue weighted by Crippen LogP contribution is 2.54. The Kier molecular flexibility index (Phi) is 3.85. The number of nitrogens with two attached hydrogens (primary N) is 1. The van der Waals surface area contributed by atoms with Crippen LogP contribution in [0.25, 0.3) is 0 Å². The van der Waals surface area contributed by atoms with Crippen molar-refractivity contribution in [3.05, 3.63) is 36.3 Å². The summed E-state index contributed by atoms with van der Waals surface area (Å²) in [4.78, 5) is 9.65. The summed E-state index contributed by atoms with van der Waals surface area (Å²) in [6.07, 6.45) is 1.70. The van der Waals surface area contributed by atoms with Crippen LogP contribution < -0.4 is 15.4 Å². The Balaban J connectivity index is 1.55. The second-order valence-electron chi connectivity index (χ2n) is 6.77. The van der Waals surface area contributed by atoms with Crippen molar-refractivity contribution in [2.24, 2.45) is 10.6 Å². The van der Waals surface area contributed by atoms with Crippen LogP contribution in [0.4, 0.5) is 26.2 Å². The van der Waals surface area contributed by atoms with Crippen LogP contribution >= 0.6 is 0 Å². The summed E-state index contributed by atoms with van der Waals surface area (Å²) in [6.45, 7) is 0.570. The summed E-state index contributed by atoms with van der Waals surface area (Å²) in [6, 6.07) is 5.68. The maximum absolute atomic E-state index is 14.1. The summed E-state index contributed by atoms with van der Waals surface area (Å²) in [5.74, 6) is -0.406. The van der Waals surface area contributed by atoms with Crippen LogP contribution in [0.2, 0.25) is 0 Å². The summed E-state index contributed by atoms with van der Waals surface area (Å²) in [5, 5.41) is 7.93. The zero-order valence-corrected chi connectivity index (χ0v) is 14.5. The molecule has 26 heavy (non-hydrogen) atoms. The van der Waals surface area contributed by atoms with Gasteiger partial charge in [0.15, 0.2) is 11.6 Å². The van der Waals surface area contributed by atoms with E-state index >= 15 is 0 Å². The monoisotopic (exact) mass is 381 g/mol. The average Bonchev–Trinajstić information content (AvgIpc) is 3.29. The molecule has 1 saturated heterocycles. The number of rotatable bonds is 4. The SMILES string of the molecule is NS(=O)(=O)c1ccc(Nc2ncc(F)c(N3CC(F)C4(CC4)C3)n2)cc1. The first-order valence-corrected chi connectivity index (χ1v) is 9.63. The van der Waals surface area contributed by atoms with Crippen LogP contribution in [-0.2, 0) is 10.0 Å². The lowest BCUT2D eigenvalue weighted by molar-refractivity contribution is 0.267. The molecule has 2 aromatic rings. The van der Waals surface area contributed by atoms with Crippen LogP contribution in [0.3, 0.4) is 0 Å². The predicted octanol–water partition coefficient (Wildman–Crippen LogP) is 1.95. The van der Waals surface area contributed by atoms with Gasteiger partial charge >= 0.3 is 0 Å². The number of alkyl halides is 1. The number of anilines is 3. The van der Waals surface area contributed by atoms with E-state index in [1.807, 2.05) is 0 Å². The van der Waals surface area contributed by atoms with Crippen LogP contribution in [0.1, 0.15) is 12.8 Å². The smallest absolute Gasteiger partial charge is 0.238 e. The first-order valence-electron chi connectivity index (χ1n) is 8.08. The second-order valence-corrected chi connectivity index (χ2v) is 8.33. The maximum atomic E-state index is 14.1. The van der Waals surface area contributed by atoms with Crippen molar-refractivity contribution in [1.82, 2.24) is 9.97 Å². The lowest BCUT2D eigenvalue weighted by Gasteiger charge is -2.18. The molecule has 2 aliphatic rings. The van der Waals surface area contributed by atoms with E-state index in [4.69, 9.17) is 5.14 Å². The molecule has 0 amide bonds. The largest absolute Gasteiger partial charge is 0.350 e. The number of hydrogen-bond donors (Lipinski definition) is 2. The van der Waals surface area contributed by atoms with E-state index < -0.39 is 22.0 Å². The van der Waals surface area contributed by atoms with Gasteiger partial charge in [-0.05, 0) is 37.1 Å². The zero-order chi connectivity index (χ0) is 18.5. The Labute approximate surface area is 149 Å². The molecule has 1 aliphatic carbocycles. The van der Waals surface area contributed by atoms with E-state index in [1.54, 1.807) is 4.90 Å². The standard InChI is InChI=1S/C16H17F2N5O2S/c17-12-7-20-15(21-10-1-3-11(4-2-10)26(19,24)25)22-14(12)23-8-13(18)16(9-23)5-6-16/h1-4,7,13H,5-6,8-9H2,(H2,19,24,25)(H,20,21,22). The van der Waals surface area contributed by atoms with Gasteiger partial charge in [-0.25, -0.2) is 27.3 Å².